The number of aromatic carboxylic acids is 1. The molecule has 6 nitrogen and oxygen atoms in total. The average molecular weight is 362 g/mol. The summed E-state index contributed by atoms with van der Waals surface area (Å²) in [5.41, 5.74) is 1.14. The van der Waals surface area contributed by atoms with Gasteiger partial charge >= 0.3 is 5.97 Å². The molecule has 2 heterocycles. The molecule has 0 amide bonds. The highest BCUT2D eigenvalue weighted by Crippen LogP contribution is 2.25. The highest BCUT2D eigenvalue weighted by atomic mass is 35.5. The number of pyridine rings is 1. The number of carboxylic acids is 1. The van der Waals surface area contributed by atoms with Crippen LogP contribution in [0.3, 0.4) is 0 Å². The first-order valence-electron chi connectivity index (χ1n) is 8.07. The molecule has 0 saturated carbocycles. The van der Waals surface area contributed by atoms with Crippen LogP contribution >= 0.6 is 11.6 Å². The van der Waals surface area contributed by atoms with Gasteiger partial charge in [0.1, 0.15) is 11.6 Å². The summed E-state index contributed by atoms with van der Waals surface area (Å²) < 4.78 is 5.41. The third-order valence-corrected chi connectivity index (χ3v) is 4.52. The number of carboxylic acid groups (broad SMARTS) is 1. The number of methoxy groups -OCH3 is 1. The van der Waals surface area contributed by atoms with E-state index in [0.717, 1.165) is 44.0 Å². The molecule has 2 aromatic rings. The molecule has 0 radical (unpaired) electrons. The summed E-state index contributed by atoms with van der Waals surface area (Å²) in [6.45, 7) is 4.06. The fraction of sp³-hybridized carbons (Fsp3) is 0.333. The molecule has 1 aliphatic rings. The number of halogens is 1. The Morgan fingerprint density at radius 3 is 2.68 bits per heavy atom. The van der Waals surface area contributed by atoms with Gasteiger partial charge < -0.3 is 14.7 Å². The third kappa shape index (κ3) is 4.21. The van der Waals surface area contributed by atoms with Crippen molar-refractivity contribution in [2.75, 3.05) is 38.2 Å². The molecule has 1 aromatic heterocycles. The highest BCUT2D eigenvalue weighted by Gasteiger charge is 2.20. The van der Waals surface area contributed by atoms with Crippen LogP contribution in [0.15, 0.2) is 36.4 Å². The zero-order valence-corrected chi connectivity index (χ0v) is 14.7. The van der Waals surface area contributed by atoms with E-state index in [1.165, 1.54) is 6.07 Å². The van der Waals surface area contributed by atoms with E-state index in [4.69, 9.17) is 21.4 Å². The minimum absolute atomic E-state index is 0.0728. The van der Waals surface area contributed by atoms with Crippen molar-refractivity contribution in [3.8, 4) is 5.75 Å². The van der Waals surface area contributed by atoms with Gasteiger partial charge in [-0.3, -0.25) is 4.90 Å². The molecule has 7 heteroatoms. The van der Waals surface area contributed by atoms with Gasteiger partial charge in [-0.2, -0.15) is 0 Å². The molecular weight excluding hydrogens is 342 g/mol. The maximum atomic E-state index is 11.1. The smallest absolute Gasteiger partial charge is 0.354 e. The van der Waals surface area contributed by atoms with E-state index in [1.54, 1.807) is 13.2 Å². The first kappa shape index (κ1) is 17.5. The van der Waals surface area contributed by atoms with Crippen molar-refractivity contribution < 1.29 is 14.6 Å². The van der Waals surface area contributed by atoms with E-state index in [-0.39, 0.29) is 5.69 Å². The third-order valence-electron chi connectivity index (χ3n) is 4.29. The molecule has 1 saturated heterocycles. The minimum Gasteiger partial charge on any atom is -0.496 e. The Morgan fingerprint density at radius 2 is 2.00 bits per heavy atom. The number of nitrogens with zero attached hydrogens (tertiary/aromatic N) is 3. The van der Waals surface area contributed by atoms with E-state index in [1.807, 2.05) is 24.3 Å². The van der Waals surface area contributed by atoms with Crippen LogP contribution in [0.4, 0.5) is 5.82 Å². The molecule has 3 rings (SSSR count). The van der Waals surface area contributed by atoms with Gasteiger partial charge in [0, 0.05) is 43.3 Å². The fourth-order valence-corrected chi connectivity index (χ4v) is 3.16. The van der Waals surface area contributed by atoms with Crippen LogP contribution in [0.2, 0.25) is 5.02 Å². The Bertz CT molecular complexity index is 761. The van der Waals surface area contributed by atoms with E-state index in [2.05, 4.69) is 14.8 Å². The lowest BCUT2D eigenvalue weighted by Crippen LogP contribution is -2.46. The number of carbonyl (C=O) groups is 1. The second-order valence-corrected chi connectivity index (χ2v) is 6.34. The maximum absolute atomic E-state index is 11.1. The van der Waals surface area contributed by atoms with Crippen LogP contribution in [0.25, 0.3) is 0 Å². The lowest BCUT2D eigenvalue weighted by molar-refractivity contribution is 0.0690. The van der Waals surface area contributed by atoms with Gasteiger partial charge in [-0.25, -0.2) is 9.78 Å². The molecule has 0 bridgehead atoms. The van der Waals surface area contributed by atoms with Crippen LogP contribution in [-0.2, 0) is 6.54 Å². The summed E-state index contributed by atoms with van der Waals surface area (Å²) in [4.78, 5) is 19.7. The minimum atomic E-state index is -1.01. The molecule has 132 valence electrons. The predicted molar refractivity (Wildman–Crippen MR) is 96.7 cm³/mol. The molecule has 1 fully saturated rings. The Morgan fingerprint density at radius 1 is 1.24 bits per heavy atom. The van der Waals surface area contributed by atoms with Crippen LogP contribution < -0.4 is 9.64 Å². The lowest BCUT2D eigenvalue weighted by Gasteiger charge is -2.35. The molecular formula is C18H20ClN3O3. The number of aromatic nitrogens is 1. The Hall–Kier alpha value is -2.31. The quantitative estimate of drug-likeness (QED) is 0.883. The predicted octanol–water partition coefficient (Wildman–Crippen LogP) is 2.76. The molecule has 1 aliphatic heterocycles. The van der Waals surface area contributed by atoms with Crippen LogP contribution in [-0.4, -0.2) is 54.2 Å². The summed E-state index contributed by atoms with van der Waals surface area (Å²) in [5, 5.41) is 9.77. The van der Waals surface area contributed by atoms with Gasteiger partial charge in [0.25, 0.3) is 0 Å². The summed E-state index contributed by atoms with van der Waals surface area (Å²) in [7, 11) is 1.66. The van der Waals surface area contributed by atoms with Crippen molar-refractivity contribution in [1.29, 1.82) is 0 Å². The average Bonchev–Trinajstić information content (AvgIpc) is 2.63. The van der Waals surface area contributed by atoms with Crippen molar-refractivity contribution in [2.45, 2.75) is 6.54 Å². The van der Waals surface area contributed by atoms with Crippen molar-refractivity contribution in [3.05, 3.63) is 52.7 Å². The maximum Gasteiger partial charge on any atom is 0.354 e. The first-order chi connectivity index (χ1) is 12.1. The van der Waals surface area contributed by atoms with Crippen LogP contribution in [0.1, 0.15) is 16.1 Å². The largest absolute Gasteiger partial charge is 0.496 e. The topological polar surface area (TPSA) is 65.9 Å². The van der Waals surface area contributed by atoms with Gasteiger partial charge in [0.05, 0.1) is 7.11 Å². The Labute approximate surface area is 151 Å². The van der Waals surface area contributed by atoms with Gasteiger partial charge in [-0.1, -0.05) is 17.7 Å². The SMILES string of the molecule is COc1ccc(Cl)cc1CN1CCN(c2cccc(C(=O)O)n2)CC1. The van der Waals surface area contributed by atoms with E-state index >= 15 is 0 Å². The molecule has 0 spiro atoms. The normalized spacial score (nSPS) is 15.2. The fourth-order valence-electron chi connectivity index (χ4n) is 2.97. The van der Waals surface area contributed by atoms with E-state index in [0.29, 0.717) is 10.8 Å². The second-order valence-electron chi connectivity index (χ2n) is 5.91. The molecule has 25 heavy (non-hydrogen) atoms. The number of hydrogen-bond acceptors (Lipinski definition) is 5. The lowest BCUT2D eigenvalue weighted by atomic mass is 10.1. The standard InChI is InChI=1S/C18H20ClN3O3/c1-25-16-6-5-14(19)11-13(16)12-21-7-9-22(10-8-21)17-4-2-3-15(20-17)18(23)24/h2-6,11H,7-10,12H2,1H3,(H,23,24). The van der Waals surface area contributed by atoms with Crippen LogP contribution in [0.5, 0.6) is 5.75 Å². The number of anilines is 1. The zero-order valence-electron chi connectivity index (χ0n) is 14.0. The highest BCUT2D eigenvalue weighted by molar-refractivity contribution is 6.30. The Kier molecular flexibility index (Phi) is 5.40. The van der Waals surface area contributed by atoms with Crippen molar-refractivity contribution >= 4 is 23.4 Å². The van der Waals surface area contributed by atoms with Crippen molar-refractivity contribution in [2.24, 2.45) is 0 Å². The van der Waals surface area contributed by atoms with Gasteiger partial charge in [0.15, 0.2) is 5.69 Å². The van der Waals surface area contributed by atoms with Gasteiger partial charge in [0.2, 0.25) is 0 Å². The Balaban J connectivity index is 1.63. The molecule has 0 unspecified atom stereocenters. The monoisotopic (exact) mass is 361 g/mol. The number of piperazine rings is 1. The summed E-state index contributed by atoms with van der Waals surface area (Å²) in [6.07, 6.45) is 0. The number of ether oxygens (including phenoxy) is 1. The van der Waals surface area contributed by atoms with Crippen LogP contribution in [0, 0.1) is 0 Å². The van der Waals surface area contributed by atoms with E-state index in [9.17, 15) is 4.79 Å². The van der Waals surface area contributed by atoms with Gasteiger partial charge in [-0.15, -0.1) is 0 Å². The zero-order chi connectivity index (χ0) is 17.8. The van der Waals surface area contributed by atoms with Gasteiger partial charge in [-0.05, 0) is 30.3 Å². The van der Waals surface area contributed by atoms with Crippen molar-refractivity contribution in [1.82, 2.24) is 9.88 Å². The number of benzene rings is 1. The number of hydrogen-bond donors (Lipinski definition) is 1. The first-order valence-corrected chi connectivity index (χ1v) is 8.44. The van der Waals surface area contributed by atoms with Crippen molar-refractivity contribution in [3.63, 3.8) is 0 Å². The molecule has 0 atom stereocenters. The summed E-state index contributed by atoms with van der Waals surface area (Å²) in [5.74, 6) is 0.538. The molecule has 1 N–H and O–H groups in total. The summed E-state index contributed by atoms with van der Waals surface area (Å²) >= 11 is 6.10. The summed E-state index contributed by atoms with van der Waals surface area (Å²) in [6, 6.07) is 10.7. The molecule has 1 aromatic carbocycles. The second kappa shape index (κ2) is 7.72. The number of rotatable bonds is 5. The molecule has 0 aliphatic carbocycles. The van der Waals surface area contributed by atoms with E-state index < -0.39 is 5.97 Å².